The standard InChI is InChI=1S/C12H10O5.C10H6O5/c1-2-16-11(14)9-5-7-3-4-8(13)6-10(7)17-12(9)15;11-6-2-1-5-3-7(9(12)13)10(14)15-8(5)4-6/h3-6,13H,2H2,1H3;1-4,11H,(H,12,13). The molecule has 10 heteroatoms. The molecule has 0 saturated heterocycles. The van der Waals surface area contributed by atoms with Gasteiger partial charge in [0, 0.05) is 22.9 Å². The lowest BCUT2D eigenvalue weighted by Gasteiger charge is -2.02. The van der Waals surface area contributed by atoms with Crippen LogP contribution in [0.5, 0.6) is 11.5 Å². The Morgan fingerprint density at radius 3 is 1.75 bits per heavy atom. The molecule has 3 N–H and O–H groups in total. The van der Waals surface area contributed by atoms with Gasteiger partial charge in [-0.15, -0.1) is 0 Å². The van der Waals surface area contributed by atoms with Gasteiger partial charge in [0.2, 0.25) is 0 Å². The lowest BCUT2D eigenvalue weighted by Crippen LogP contribution is -2.16. The van der Waals surface area contributed by atoms with Gasteiger partial charge >= 0.3 is 23.2 Å². The van der Waals surface area contributed by atoms with Gasteiger partial charge in [0.05, 0.1) is 6.61 Å². The first kappa shape index (κ1) is 22.1. The number of aromatic hydroxyl groups is 2. The fraction of sp³-hybridized carbons (Fsp3) is 0.0909. The minimum atomic E-state index is -1.33. The zero-order valence-corrected chi connectivity index (χ0v) is 16.5. The highest BCUT2D eigenvalue weighted by molar-refractivity contribution is 5.93. The fourth-order valence-corrected chi connectivity index (χ4v) is 2.70. The van der Waals surface area contributed by atoms with Crippen molar-refractivity contribution < 1.29 is 38.5 Å². The second-order valence-corrected chi connectivity index (χ2v) is 6.36. The molecule has 0 aliphatic rings. The molecule has 0 radical (unpaired) electrons. The minimum Gasteiger partial charge on any atom is -0.508 e. The quantitative estimate of drug-likeness (QED) is 0.319. The van der Waals surface area contributed by atoms with Crippen molar-refractivity contribution in [3.05, 3.63) is 80.5 Å². The molecule has 10 nitrogen and oxygen atoms in total. The van der Waals surface area contributed by atoms with Crippen LogP contribution in [0, 0.1) is 0 Å². The van der Waals surface area contributed by atoms with Crippen LogP contribution in [0.1, 0.15) is 27.6 Å². The molecule has 0 spiro atoms. The summed E-state index contributed by atoms with van der Waals surface area (Å²) in [5, 5.41) is 28.0. The maximum atomic E-state index is 11.5. The summed E-state index contributed by atoms with van der Waals surface area (Å²) in [7, 11) is 0. The van der Waals surface area contributed by atoms with Crippen molar-refractivity contribution in [3.63, 3.8) is 0 Å². The number of esters is 1. The van der Waals surface area contributed by atoms with Crippen LogP contribution in [0.3, 0.4) is 0 Å². The number of carbonyl (C=O) groups is 2. The average Bonchev–Trinajstić information content (AvgIpc) is 2.73. The Bertz CT molecular complexity index is 1450. The first-order valence-corrected chi connectivity index (χ1v) is 9.13. The predicted octanol–water partition coefficient (Wildman–Crippen LogP) is 2.87. The third-order valence-corrected chi connectivity index (χ3v) is 4.16. The molecule has 2 aromatic heterocycles. The average molecular weight is 440 g/mol. The van der Waals surface area contributed by atoms with E-state index in [1.165, 1.54) is 42.5 Å². The van der Waals surface area contributed by atoms with Gasteiger partial charge in [-0.25, -0.2) is 19.2 Å². The summed E-state index contributed by atoms with van der Waals surface area (Å²) in [6.45, 7) is 1.84. The molecule has 164 valence electrons. The Morgan fingerprint density at radius 2 is 1.28 bits per heavy atom. The van der Waals surface area contributed by atoms with Crippen LogP contribution in [-0.2, 0) is 4.74 Å². The smallest absolute Gasteiger partial charge is 0.351 e. The van der Waals surface area contributed by atoms with E-state index >= 15 is 0 Å². The van der Waals surface area contributed by atoms with Gasteiger partial charge < -0.3 is 28.9 Å². The zero-order valence-electron chi connectivity index (χ0n) is 16.5. The number of hydrogen-bond donors (Lipinski definition) is 3. The van der Waals surface area contributed by atoms with Crippen molar-refractivity contribution in [2.24, 2.45) is 0 Å². The van der Waals surface area contributed by atoms with Crippen LogP contribution in [-0.4, -0.2) is 33.9 Å². The predicted molar refractivity (Wildman–Crippen MR) is 111 cm³/mol. The fourth-order valence-electron chi connectivity index (χ4n) is 2.70. The van der Waals surface area contributed by atoms with Crippen molar-refractivity contribution in [1.82, 2.24) is 0 Å². The molecule has 0 saturated carbocycles. The number of fused-ring (bicyclic) bond motifs is 2. The summed E-state index contributed by atoms with van der Waals surface area (Å²) < 4.78 is 14.4. The number of carboxylic acid groups (broad SMARTS) is 1. The van der Waals surface area contributed by atoms with Gasteiger partial charge in [0.1, 0.15) is 33.8 Å². The third kappa shape index (κ3) is 4.75. The summed E-state index contributed by atoms with van der Waals surface area (Å²) in [5.41, 5.74) is -1.89. The molecule has 0 unspecified atom stereocenters. The highest BCUT2D eigenvalue weighted by Crippen LogP contribution is 2.20. The van der Waals surface area contributed by atoms with Crippen molar-refractivity contribution in [2.45, 2.75) is 6.92 Å². The molecule has 0 bridgehead atoms. The number of phenolic OH excluding ortho intramolecular Hbond substituents is 2. The Morgan fingerprint density at radius 1 is 0.812 bits per heavy atom. The van der Waals surface area contributed by atoms with Crippen LogP contribution in [0.2, 0.25) is 0 Å². The van der Waals surface area contributed by atoms with Crippen molar-refractivity contribution >= 4 is 33.9 Å². The van der Waals surface area contributed by atoms with Crippen LogP contribution in [0.4, 0.5) is 0 Å². The number of hydrogen-bond acceptors (Lipinski definition) is 9. The van der Waals surface area contributed by atoms with Gasteiger partial charge in [0.15, 0.2) is 0 Å². The largest absolute Gasteiger partial charge is 0.508 e. The molecule has 2 aromatic carbocycles. The lowest BCUT2D eigenvalue weighted by molar-refractivity contribution is 0.0521. The Labute approximate surface area is 178 Å². The van der Waals surface area contributed by atoms with Crippen molar-refractivity contribution in [2.75, 3.05) is 6.61 Å². The summed E-state index contributed by atoms with van der Waals surface area (Å²) in [4.78, 5) is 44.7. The molecule has 2 heterocycles. The number of benzene rings is 2. The minimum absolute atomic E-state index is 0.00969. The molecular formula is C22H16O10. The monoisotopic (exact) mass is 440 g/mol. The van der Waals surface area contributed by atoms with E-state index in [0.717, 1.165) is 0 Å². The normalized spacial score (nSPS) is 10.4. The summed E-state index contributed by atoms with van der Waals surface area (Å²) in [6, 6.07) is 11.0. The van der Waals surface area contributed by atoms with Crippen LogP contribution in [0.15, 0.2) is 67.0 Å². The number of rotatable bonds is 3. The van der Waals surface area contributed by atoms with E-state index in [4.69, 9.17) is 23.8 Å². The summed E-state index contributed by atoms with van der Waals surface area (Å²) in [5.74, 6) is -2.10. The topological polar surface area (TPSA) is 164 Å². The number of phenols is 2. The van der Waals surface area contributed by atoms with Crippen LogP contribution < -0.4 is 11.3 Å². The van der Waals surface area contributed by atoms with Gasteiger partial charge in [-0.2, -0.15) is 0 Å². The number of carboxylic acids is 1. The maximum absolute atomic E-state index is 11.5. The first-order valence-electron chi connectivity index (χ1n) is 9.13. The summed E-state index contributed by atoms with van der Waals surface area (Å²) >= 11 is 0. The van der Waals surface area contributed by atoms with Gasteiger partial charge in [-0.1, -0.05) is 0 Å². The van der Waals surface area contributed by atoms with E-state index in [1.807, 2.05) is 0 Å². The summed E-state index contributed by atoms with van der Waals surface area (Å²) in [6.07, 6.45) is 0. The van der Waals surface area contributed by atoms with Gasteiger partial charge in [0.25, 0.3) is 0 Å². The molecule has 0 aliphatic carbocycles. The van der Waals surface area contributed by atoms with E-state index < -0.39 is 28.8 Å². The van der Waals surface area contributed by atoms with E-state index in [9.17, 15) is 24.3 Å². The molecule has 0 fully saturated rings. The van der Waals surface area contributed by atoms with E-state index in [1.54, 1.807) is 13.0 Å². The first-order chi connectivity index (χ1) is 15.2. The molecule has 0 amide bonds. The molecular weight excluding hydrogens is 424 g/mol. The second kappa shape index (κ2) is 9.04. The molecule has 4 aromatic rings. The Balaban J connectivity index is 0.000000182. The molecule has 0 aliphatic heterocycles. The Hall–Kier alpha value is -4.60. The maximum Gasteiger partial charge on any atom is 0.351 e. The number of ether oxygens (including phenoxy) is 1. The van der Waals surface area contributed by atoms with E-state index in [-0.39, 0.29) is 34.8 Å². The SMILES string of the molecule is CCOC(=O)c1cc2ccc(O)cc2oc1=O.O=C(O)c1cc2ccc(O)cc2oc1=O. The van der Waals surface area contributed by atoms with Crippen molar-refractivity contribution in [1.29, 1.82) is 0 Å². The van der Waals surface area contributed by atoms with E-state index in [2.05, 4.69) is 0 Å². The Kier molecular flexibility index (Phi) is 6.24. The second-order valence-electron chi connectivity index (χ2n) is 6.36. The molecule has 0 atom stereocenters. The lowest BCUT2D eigenvalue weighted by atomic mass is 10.2. The third-order valence-electron chi connectivity index (χ3n) is 4.16. The van der Waals surface area contributed by atoms with Gasteiger partial charge in [-0.3, -0.25) is 0 Å². The van der Waals surface area contributed by atoms with E-state index in [0.29, 0.717) is 10.8 Å². The highest BCUT2D eigenvalue weighted by Gasteiger charge is 2.15. The molecule has 32 heavy (non-hydrogen) atoms. The molecule has 4 rings (SSSR count). The number of carbonyl (C=O) groups excluding carboxylic acids is 1. The highest BCUT2D eigenvalue weighted by atomic mass is 16.5. The van der Waals surface area contributed by atoms with Crippen LogP contribution in [0.25, 0.3) is 21.9 Å². The van der Waals surface area contributed by atoms with Gasteiger partial charge in [-0.05, 0) is 43.3 Å². The van der Waals surface area contributed by atoms with Crippen molar-refractivity contribution in [3.8, 4) is 11.5 Å². The van der Waals surface area contributed by atoms with Crippen LogP contribution >= 0.6 is 0 Å². The number of aromatic carboxylic acids is 1. The zero-order chi connectivity index (χ0) is 23.4.